The number of rotatable bonds is 2. The molecule has 24 heteroatoms. The molecule has 0 spiro atoms. The highest BCUT2D eigenvalue weighted by Gasteiger charge is 2.52. The van der Waals surface area contributed by atoms with E-state index < -0.39 is 138 Å². The molecule has 0 radical (unpaired) electrons. The van der Waals surface area contributed by atoms with Crippen LogP contribution in [0.25, 0.3) is 11.1 Å². The van der Waals surface area contributed by atoms with E-state index in [-0.39, 0.29) is 12.1 Å². The van der Waals surface area contributed by atoms with Crippen molar-refractivity contribution in [1.29, 1.82) is 31.6 Å². The first-order valence-corrected chi connectivity index (χ1v) is 13.6. The molecule has 0 bridgehead atoms. The minimum absolute atomic E-state index is 0.0236. The molecule has 288 valence electrons. The van der Waals surface area contributed by atoms with Crippen LogP contribution >= 0.6 is 0 Å². The second-order valence-electron chi connectivity index (χ2n) is 10.5. The van der Waals surface area contributed by atoms with Gasteiger partial charge in [0.05, 0.1) is 66.8 Å². The quantitative estimate of drug-likeness (QED) is 0.237. The van der Waals surface area contributed by atoms with Gasteiger partial charge in [0.25, 0.3) is 0 Å². The van der Waals surface area contributed by atoms with Gasteiger partial charge in [0.1, 0.15) is 36.4 Å². The van der Waals surface area contributed by atoms with Crippen LogP contribution in [0.3, 0.4) is 0 Å². The minimum Gasteiger partial charge on any atom is -0.192 e. The lowest BCUT2D eigenvalue weighted by atomic mass is 9.85. The van der Waals surface area contributed by atoms with E-state index in [0.29, 0.717) is 12.1 Å². The average molecular weight is 814 g/mol. The average Bonchev–Trinajstić information content (AvgIpc) is 3.04. The van der Waals surface area contributed by atoms with Crippen LogP contribution in [-0.4, -0.2) is 0 Å². The van der Waals surface area contributed by atoms with Gasteiger partial charge in [-0.3, -0.25) is 0 Å². The molecule has 0 aliphatic carbocycles. The van der Waals surface area contributed by atoms with Crippen molar-refractivity contribution in [2.75, 3.05) is 0 Å². The summed E-state index contributed by atoms with van der Waals surface area (Å²) in [6, 6.07) is 2.71. The summed E-state index contributed by atoms with van der Waals surface area (Å²) in [6.45, 7) is 0. The minimum atomic E-state index is -6.45. The van der Waals surface area contributed by atoms with Gasteiger partial charge in [0.15, 0.2) is 0 Å². The second-order valence-corrected chi connectivity index (χ2v) is 10.5. The van der Waals surface area contributed by atoms with Crippen LogP contribution < -0.4 is 10.4 Å². The van der Waals surface area contributed by atoms with E-state index in [1.165, 1.54) is 0 Å². The fraction of sp³-hybridized carbons (Fsp3) is 0.188. The van der Waals surface area contributed by atoms with Crippen molar-refractivity contribution >= 4 is 11.1 Å². The molecule has 0 saturated carbocycles. The first kappa shape index (κ1) is 43.5. The van der Waals surface area contributed by atoms with Gasteiger partial charge in [0.2, 0.25) is 0 Å². The third kappa shape index (κ3) is 7.68. The Morgan fingerprint density at radius 1 is 0.357 bits per heavy atom. The van der Waals surface area contributed by atoms with Crippen LogP contribution in [0.1, 0.15) is 66.8 Å². The van der Waals surface area contributed by atoms with Crippen LogP contribution in [0.5, 0.6) is 0 Å². The predicted octanol–water partition coefficient (Wildman–Crippen LogP) is 8.73. The van der Waals surface area contributed by atoms with E-state index in [4.69, 9.17) is 10.5 Å². The molecule has 0 amide bonds. The maximum absolute atomic E-state index is 14.3. The summed E-state index contributed by atoms with van der Waals surface area (Å²) in [5.74, 6) is 0. The first-order valence-electron chi connectivity index (χ1n) is 13.6. The maximum atomic E-state index is 14.3. The molecule has 6 nitrogen and oxygen atoms in total. The first-order chi connectivity index (χ1) is 25.4. The Balaban J connectivity index is 2.92. The van der Waals surface area contributed by atoms with Crippen molar-refractivity contribution in [3.63, 3.8) is 0 Å². The number of hydrogen-bond acceptors (Lipinski definition) is 6. The van der Waals surface area contributed by atoms with Crippen LogP contribution in [0, 0.1) is 68.0 Å². The van der Waals surface area contributed by atoms with Gasteiger partial charge in [-0.15, -0.1) is 0 Å². The van der Waals surface area contributed by atoms with Gasteiger partial charge in [0, 0.05) is 21.6 Å². The lowest BCUT2D eigenvalue weighted by Crippen LogP contribution is -2.28. The zero-order valence-electron chi connectivity index (χ0n) is 25.8. The van der Waals surface area contributed by atoms with Gasteiger partial charge >= 0.3 is 37.1 Å². The van der Waals surface area contributed by atoms with E-state index in [1.807, 2.05) is 0 Å². The Morgan fingerprint density at radius 2 is 0.607 bits per heavy atom. The number of nitriles is 6. The molecule has 0 N–H and O–H groups in total. The number of halogens is 18. The second kappa shape index (κ2) is 14.1. The van der Waals surface area contributed by atoms with Gasteiger partial charge in [-0.2, -0.15) is 111 Å². The van der Waals surface area contributed by atoms with Gasteiger partial charge in [-0.1, -0.05) is 12.1 Å². The highest BCUT2D eigenvalue weighted by molar-refractivity contribution is 5.85. The standard InChI is InChI=1S/C32H4F18N6/c33-27(34,35)21-3-13(23(29(39,40)41)25(19(21)9-55)31(45,46)47)15(5-51)11-1-2-12(18(8-54)17(11)7-53)16(6-52)14-4-22(28(36,37)38)20(10-56)26(32(48,49)50)24(14)30(42,43)44/h1-4H/b15-11-,16-12-. The Morgan fingerprint density at radius 3 is 0.786 bits per heavy atom. The third-order valence-electron chi connectivity index (χ3n) is 7.35. The zero-order chi connectivity index (χ0) is 43.3. The Kier molecular flexibility index (Phi) is 10.9. The van der Waals surface area contributed by atoms with Crippen molar-refractivity contribution in [1.82, 2.24) is 0 Å². The topological polar surface area (TPSA) is 143 Å². The van der Waals surface area contributed by atoms with E-state index in [0.717, 1.165) is 24.3 Å². The van der Waals surface area contributed by atoms with E-state index in [2.05, 4.69) is 0 Å². The molecule has 3 rings (SSSR count). The Hall–Kier alpha value is -6.92. The van der Waals surface area contributed by atoms with Crippen LogP contribution in [0.2, 0.25) is 0 Å². The summed E-state index contributed by atoms with van der Waals surface area (Å²) in [5.41, 5.74) is -35.6. The van der Waals surface area contributed by atoms with E-state index >= 15 is 0 Å². The third-order valence-corrected chi connectivity index (χ3v) is 7.35. The van der Waals surface area contributed by atoms with Crippen LogP contribution in [0.4, 0.5) is 79.0 Å². The van der Waals surface area contributed by atoms with Crippen molar-refractivity contribution in [2.45, 2.75) is 37.1 Å². The van der Waals surface area contributed by atoms with Crippen molar-refractivity contribution < 1.29 is 79.0 Å². The Labute approximate surface area is 297 Å². The fourth-order valence-corrected chi connectivity index (χ4v) is 5.38. The van der Waals surface area contributed by atoms with Crippen molar-refractivity contribution in [3.05, 3.63) is 101 Å². The molecule has 0 aliphatic rings. The van der Waals surface area contributed by atoms with Crippen molar-refractivity contribution in [2.24, 2.45) is 0 Å². The predicted molar refractivity (Wildman–Crippen MR) is 144 cm³/mol. The smallest absolute Gasteiger partial charge is 0.192 e. The summed E-state index contributed by atoms with van der Waals surface area (Å²) in [5, 5.41) is 54.4. The zero-order valence-corrected chi connectivity index (χ0v) is 25.8. The van der Waals surface area contributed by atoms with Crippen LogP contribution in [-0.2, 0) is 37.1 Å². The molecular weight excluding hydrogens is 810 g/mol. The summed E-state index contributed by atoms with van der Waals surface area (Å²) in [4.78, 5) is 0. The summed E-state index contributed by atoms with van der Waals surface area (Å²) in [7, 11) is 0. The highest BCUT2D eigenvalue weighted by Crippen LogP contribution is 2.50. The molecule has 0 saturated heterocycles. The molecule has 0 atom stereocenters. The molecule has 3 aromatic rings. The molecule has 0 aromatic heterocycles. The molecule has 56 heavy (non-hydrogen) atoms. The molecule has 3 aromatic carbocycles. The van der Waals surface area contributed by atoms with Crippen LogP contribution in [0.15, 0.2) is 24.3 Å². The lowest BCUT2D eigenvalue weighted by molar-refractivity contribution is -0.164. The van der Waals surface area contributed by atoms with Gasteiger partial charge < -0.3 is 0 Å². The number of hydrogen-bond donors (Lipinski definition) is 0. The monoisotopic (exact) mass is 814 g/mol. The van der Waals surface area contributed by atoms with E-state index in [1.54, 1.807) is 0 Å². The number of nitrogens with zero attached hydrogens (tertiary/aromatic N) is 6. The Bertz CT molecular complexity index is 2380. The molecule has 0 heterocycles. The summed E-state index contributed by atoms with van der Waals surface area (Å²) < 4.78 is 253. The molecule has 0 aliphatic heterocycles. The number of benzene rings is 3. The summed E-state index contributed by atoms with van der Waals surface area (Å²) in [6.07, 6.45) is -37.9. The highest BCUT2D eigenvalue weighted by atomic mass is 19.4. The largest absolute Gasteiger partial charge is 0.418 e. The van der Waals surface area contributed by atoms with Gasteiger partial charge in [-0.25, -0.2) is 0 Å². The molecule has 0 fully saturated rings. The lowest BCUT2D eigenvalue weighted by Gasteiger charge is -2.23. The van der Waals surface area contributed by atoms with Crippen molar-refractivity contribution in [3.8, 4) is 36.4 Å². The van der Waals surface area contributed by atoms with E-state index in [9.17, 15) is 100 Å². The number of alkyl halides is 18. The molecular formula is C32H4F18N6. The maximum Gasteiger partial charge on any atom is 0.418 e. The summed E-state index contributed by atoms with van der Waals surface area (Å²) >= 11 is 0. The normalized spacial score (nSPS) is 13.6. The van der Waals surface area contributed by atoms with Gasteiger partial charge in [-0.05, 0) is 12.1 Å². The molecule has 0 unspecified atom stereocenters. The SMILES string of the molecule is N#C/C(c1cc(C(F)(F)F)c(C#N)c(C(F)(F)F)c1C(F)(F)F)=c1\cc/c(=C(\C#N)c2cc(C(F)(F)F)c(C#N)c(C(F)(F)F)c2C(F)(F)F)c(C#N)c1C#N. The fourth-order valence-electron chi connectivity index (χ4n) is 5.38.